The molecule has 102 valence electrons. The SMILES string of the molecule is CC(C)c1nc2cc(C3(CN)CCCC3)ccc2o1. The van der Waals surface area contributed by atoms with Crippen molar-refractivity contribution in [2.45, 2.75) is 50.9 Å². The van der Waals surface area contributed by atoms with E-state index in [2.05, 4.69) is 37.0 Å². The number of hydrogen-bond donors (Lipinski definition) is 1. The Morgan fingerprint density at radius 3 is 2.68 bits per heavy atom. The molecule has 0 aliphatic heterocycles. The molecule has 0 atom stereocenters. The van der Waals surface area contributed by atoms with Crippen LogP contribution in [0.1, 0.15) is 56.9 Å². The third-order valence-corrected chi connectivity index (χ3v) is 4.46. The molecule has 3 nitrogen and oxygen atoms in total. The standard InChI is InChI=1S/C16H22N2O/c1-11(2)15-18-13-9-12(5-6-14(13)19-15)16(10-17)7-3-4-8-16/h5-6,9,11H,3-4,7-8,10,17H2,1-2H3. The minimum Gasteiger partial charge on any atom is -0.440 e. The molecule has 1 fully saturated rings. The Bertz CT molecular complexity index is 579. The maximum absolute atomic E-state index is 6.05. The average Bonchev–Trinajstić information content (AvgIpc) is 3.05. The maximum atomic E-state index is 6.05. The van der Waals surface area contributed by atoms with Gasteiger partial charge in [0.2, 0.25) is 0 Å². The van der Waals surface area contributed by atoms with Crippen LogP contribution in [0.5, 0.6) is 0 Å². The van der Waals surface area contributed by atoms with Gasteiger partial charge in [-0.3, -0.25) is 0 Å². The van der Waals surface area contributed by atoms with Gasteiger partial charge in [0, 0.05) is 17.9 Å². The molecule has 1 aliphatic rings. The molecular formula is C16H22N2O. The second-order valence-corrected chi connectivity index (χ2v) is 6.08. The van der Waals surface area contributed by atoms with Gasteiger partial charge in [0.1, 0.15) is 5.52 Å². The van der Waals surface area contributed by atoms with Crippen LogP contribution in [0.2, 0.25) is 0 Å². The van der Waals surface area contributed by atoms with Crippen molar-refractivity contribution >= 4 is 11.1 Å². The van der Waals surface area contributed by atoms with Crippen molar-refractivity contribution in [3.8, 4) is 0 Å². The molecule has 19 heavy (non-hydrogen) atoms. The molecule has 0 saturated heterocycles. The molecule has 1 aliphatic carbocycles. The zero-order valence-corrected chi connectivity index (χ0v) is 11.8. The molecule has 2 N–H and O–H groups in total. The van der Waals surface area contributed by atoms with Gasteiger partial charge in [0.25, 0.3) is 0 Å². The van der Waals surface area contributed by atoms with Gasteiger partial charge in [0.15, 0.2) is 11.5 Å². The van der Waals surface area contributed by atoms with E-state index >= 15 is 0 Å². The highest BCUT2D eigenvalue weighted by Crippen LogP contribution is 2.41. The number of benzene rings is 1. The molecule has 2 aromatic rings. The first kappa shape index (κ1) is 12.7. The number of fused-ring (bicyclic) bond motifs is 1. The summed E-state index contributed by atoms with van der Waals surface area (Å²) in [4.78, 5) is 4.60. The van der Waals surface area contributed by atoms with E-state index in [9.17, 15) is 0 Å². The summed E-state index contributed by atoms with van der Waals surface area (Å²) in [6.45, 7) is 4.93. The topological polar surface area (TPSA) is 52.0 Å². The molecule has 1 aromatic carbocycles. The van der Waals surface area contributed by atoms with Crippen LogP contribution in [0.4, 0.5) is 0 Å². The van der Waals surface area contributed by atoms with Crippen molar-refractivity contribution in [2.24, 2.45) is 5.73 Å². The summed E-state index contributed by atoms with van der Waals surface area (Å²) < 4.78 is 5.77. The van der Waals surface area contributed by atoms with Gasteiger partial charge in [-0.2, -0.15) is 0 Å². The number of oxazole rings is 1. The fraction of sp³-hybridized carbons (Fsp3) is 0.562. The molecular weight excluding hydrogens is 236 g/mol. The van der Waals surface area contributed by atoms with E-state index in [0.717, 1.165) is 23.5 Å². The van der Waals surface area contributed by atoms with E-state index in [0.29, 0.717) is 5.92 Å². The van der Waals surface area contributed by atoms with Gasteiger partial charge in [-0.1, -0.05) is 32.8 Å². The highest BCUT2D eigenvalue weighted by Gasteiger charge is 2.34. The van der Waals surface area contributed by atoms with Crippen LogP contribution in [-0.4, -0.2) is 11.5 Å². The Labute approximate surface area is 114 Å². The van der Waals surface area contributed by atoms with Crippen LogP contribution in [-0.2, 0) is 5.41 Å². The fourth-order valence-corrected chi connectivity index (χ4v) is 3.18. The summed E-state index contributed by atoms with van der Waals surface area (Å²) >= 11 is 0. The highest BCUT2D eigenvalue weighted by atomic mass is 16.3. The molecule has 3 rings (SSSR count). The van der Waals surface area contributed by atoms with Gasteiger partial charge >= 0.3 is 0 Å². The lowest BCUT2D eigenvalue weighted by Gasteiger charge is -2.27. The van der Waals surface area contributed by atoms with E-state index in [1.54, 1.807) is 0 Å². The van der Waals surface area contributed by atoms with Crippen LogP contribution in [0.3, 0.4) is 0 Å². The van der Waals surface area contributed by atoms with Crippen LogP contribution in [0.25, 0.3) is 11.1 Å². The van der Waals surface area contributed by atoms with E-state index in [4.69, 9.17) is 10.2 Å². The number of hydrogen-bond acceptors (Lipinski definition) is 3. The molecule has 1 saturated carbocycles. The second-order valence-electron chi connectivity index (χ2n) is 6.08. The van der Waals surface area contributed by atoms with E-state index in [1.807, 2.05) is 0 Å². The predicted molar refractivity (Wildman–Crippen MR) is 77.3 cm³/mol. The van der Waals surface area contributed by atoms with Gasteiger partial charge in [0.05, 0.1) is 0 Å². The van der Waals surface area contributed by atoms with Gasteiger partial charge in [-0.05, 0) is 30.5 Å². The summed E-state index contributed by atoms with van der Waals surface area (Å²) in [6.07, 6.45) is 4.96. The molecule has 1 aromatic heterocycles. The predicted octanol–water partition coefficient (Wildman–Crippen LogP) is 3.72. The lowest BCUT2D eigenvalue weighted by atomic mass is 9.79. The second kappa shape index (κ2) is 4.64. The Morgan fingerprint density at radius 1 is 1.32 bits per heavy atom. The summed E-state index contributed by atoms with van der Waals surface area (Å²) in [6, 6.07) is 6.41. The first-order valence-corrected chi connectivity index (χ1v) is 7.26. The Hall–Kier alpha value is -1.35. The molecule has 1 heterocycles. The van der Waals surface area contributed by atoms with E-state index < -0.39 is 0 Å². The minimum absolute atomic E-state index is 0.172. The fourth-order valence-electron chi connectivity index (χ4n) is 3.18. The monoisotopic (exact) mass is 258 g/mol. The highest BCUT2D eigenvalue weighted by molar-refractivity contribution is 5.74. The number of aromatic nitrogens is 1. The van der Waals surface area contributed by atoms with Gasteiger partial charge < -0.3 is 10.2 Å². The largest absolute Gasteiger partial charge is 0.440 e. The van der Waals surface area contributed by atoms with Crippen molar-refractivity contribution in [2.75, 3.05) is 6.54 Å². The zero-order valence-electron chi connectivity index (χ0n) is 11.8. The normalized spacial score (nSPS) is 18.5. The maximum Gasteiger partial charge on any atom is 0.198 e. The summed E-state index contributed by atoms with van der Waals surface area (Å²) in [5.74, 6) is 1.14. The summed E-state index contributed by atoms with van der Waals surface area (Å²) in [7, 11) is 0. The van der Waals surface area contributed by atoms with Gasteiger partial charge in [-0.15, -0.1) is 0 Å². The Balaban J connectivity index is 2.05. The van der Waals surface area contributed by atoms with Crippen molar-refractivity contribution in [3.63, 3.8) is 0 Å². The van der Waals surface area contributed by atoms with E-state index in [-0.39, 0.29) is 5.41 Å². The third-order valence-electron chi connectivity index (χ3n) is 4.46. The van der Waals surface area contributed by atoms with Gasteiger partial charge in [-0.25, -0.2) is 4.98 Å². The van der Waals surface area contributed by atoms with E-state index in [1.165, 1.54) is 31.2 Å². The molecule has 0 unspecified atom stereocenters. The summed E-state index contributed by atoms with van der Waals surface area (Å²) in [5.41, 5.74) is 9.42. The Morgan fingerprint density at radius 2 is 2.05 bits per heavy atom. The summed E-state index contributed by atoms with van der Waals surface area (Å²) in [5, 5.41) is 0. The third kappa shape index (κ3) is 2.06. The molecule has 0 spiro atoms. The minimum atomic E-state index is 0.172. The van der Waals surface area contributed by atoms with Crippen LogP contribution < -0.4 is 5.73 Å². The first-order valence-electron chi connectivity index (χ1n) is 7.26. The Kier molecular flexibility index (Phi) is 3.09. The average molecular weight is 258 g/mol. The van der Waals surface area contributed by atoms with Crippen molar-refractivity contribution in [1.29, 1.82) is 0 Å². The van der Waals surface area contributed by atoms with Crippen LogP contribution in [0, 0.1) is 0 Å². The molecule has 0 bridgehead atoms. The quantitative estimate of drug-likeness (QED) is 0.912. The molecule has 0 radical (unpaired) electrons. The first-order chi connectivity index (χ1) is 9.14. The zero-order chi connectivity index (χ0) is 13.5. The number of rotatable bonds is 3. The van der Waals surface area contributed by atoms with Crippen molar-refractivity contribution in [1.82, 2.24) is 4.98 Å². The lowest BCUT2D eigenvalue weighted by molar-refractivity contribution is 0.453. The lowest BCUT2D eigenvalue weighted by Crippen LogP contribution is -2.31. The molecule has 3 heteroatoms. The molecule has 0 amide bonds. The van der Waals surface area contributed by atoms with Crippen molar-refractivity contribution in [3.05, 3.63) is 29.7 Å². The smallest absolute Gasteiger partial charge is 0.198 e. The van der Waals surface area contributed by atoms with Crippen LogP contribution >= 0.6 is 0 Å². The number of nitrogens with zero attached hydrogens (tertiary/aromatic N) is 1. The van der Waals surface area contributed by atoms with Crippen molar-refractivity contribution < 1.29 is 4.42 Å². The van der Waals surface area contributed by atoms with Crippen LogP contribution in [0.15, 0.2) is 22.6 Å². The number of nitrogens with two attached hydrogens (primary N) is 1.